The molecule has 1 aromatic carbocycles. The van der Waals surface area contributed by atoms with E-state index in [1.807, 2.05) is 66.1 Å². The molecule has 0 aliphatic heterocycles. The highest BCUT2D eigenvalue weighted by molar-refractivity contribution is 5.76. The van der Waals surface area contributed by atoms with Gasteiger partial charge in [-0.1, -0.05) is 24.3 Å². The lowest BCUT2D eigenvalue weighted by Crippen LogP contribution is -2.13. The summed E-state index contributed by atoms with van der Waals surface area (Å²) in [5.74, 6) is 0.379. The Labute approximate surface area is 159 Å². The van der Waals surface area contributed by atoms with Gasteiger partial charge in [0.2, 0.25) is 5.95 Å². The highest BCUT2D eigenvalue weighted by atomic mass is 16.1. The number of rotatable bonds is 4. The fourth-order valence-electron chi connectivity index (χ4n) is 3.22. The second-order valence-corrected chi connectivity index (χ2v) is 6.52. The van der Waals surface area contributed by atoms with E-state index in [9.17, 15) is 4.79 Å². The molecule has 0 spiro atoms. The monoisotopic (exact) mass is 371 g/mol. The Balaban J connectivity index is 1.49. The smallest absolute Gasteiger partial charge is 0.263 e. The zero-order valence-electron chi connectivity index (χ0n) is 15.1. The molecule has 138 valence electrons. The fraction of sp³-hybridized carbons (Fsp3) is 0.100. The molecule has 4 aromatic heterocycles. The van der Waals surface area contributed by atoms with Gasteiger partial charge in [0.05, 0.1) is 24.1 Å². The number of aromatic amines is 1. The number of hydrogen-bond donors (Lipinski definition) is 2. The van der Waals surface area contributed by atoms with Gasteiger partial charge in [-0.15, -0.1) is 0 Å². The molecule has 0 aliphatic carbocycles. The molecule has 8 nitrogen and oxygen atoms in total. The molecule has 0 fully saturated rings. The molecule has 28 heavy (non-hydrogen) atoms. The number of nitrogens with one attached hydrogen (secondary N) is 2. The summed E-state index contributed by atoms with van der Waals surface area (Å²) in [4.78, 5) is 24.3. The Hall–Kier alpha value is -3.94. The van der Waals surface area contributed by atoms with Gasteiger partial charge in [-0.25, -0.2) is 9.67 Å². The summed E-state index contributed by atoms with van der Waals surface area (Å²) in [6.45, 7) is 2.47. The largest absolute Gasteiger partial charge is 0.350 e. The van der Waals surface area contributed by atoms with Gasteiger partial charge in [0.15, 0.2) is 5.65 Å². The highest BCUT2D eigenvalue weighted by Gasteiger charge is 2.12. The van der Waals surface area contributed by atoms with E-state index in [0.717, 1.165) is 22.7 Å². The summed E-state index contributed by atoms with van der Waals surface area (Å²) >= 11 is 0. The Morgan fingerprint density at radius 2 is 1.93 bits per heavy atom. The molecular weight excluding hydrogens is 354 g/mol. The minimum Gasteiger partial charge on any atom is -0.350 e. The van der Waals surface area contributed by atoms with Crippen LogP contribution in [-0.4, -0.2) is 29.1 Å². The number of para-hydroxylation sites is 1. The van der Waals surface area contributed by atoms with E-state index < -0.39 is 0 Å². The Morgan fingerprint density at radius 1 is 1.07 bits per heavy atom. The van der Waals surface area contributed by atoms with Crippen LogP contribution in [0.25, 0.3) is 22.4 Å². The number of pyridine rings is 1. The van der Waals surface area contributed by atoms with E-state index in [0.29, 0.717) is 23.5 Å². The van der Waals surface area contributed by atoms with Crippen molar-refractivity contribution < 1.29 is 0 Å². The van der Waals surface area contributed by atoms with Crippen molar-refractivity contribution in [2.75, 3.05) is 5.32 Å². The van der Waals surface area contributed by atoms with Gasteiger partial charge in [0.25, 0.3) is 5.56 Å². The molecule has 0 amide bonds. The van der Waals surface area contributed by atoms with Gasteiger partial charge >= 0.3 is 0 Å². The summed E-state index contributed by atoms with van der Waals surface area (Å²) < 4.78 is 3.69. The predicted octanol–water partition coefficient (Wildman–Crippen LogP) is 2.68. The minimum atomic E-state index is -0.236. The molecule has 0 saturated carbocycles. The Bertz CT molecular complexity index is 1350. The summed E-state index contributed by atoms with van der Waals surface area (Å²) in [5.41, 5.74) is 3.96. The van der Waals surface area contributed by atoms with E-state index in [1.165, 1.54) is 6.20 Å². The molecule has 0 radical (unpaired) electrons. The van der Waals surface area contributed by atoms with Crippen LogP contribution in [0.15, 0.2) is 65.7 Å². The number of nitrogens with zero attached hydrogens (tertiary/aromatic N) is 5. The van der Waals surface area contributed by atoms with Crippen molar-refractivity contribution in [3.8, 4) is 5.69 Å². The lowest BCUT2D eigenvalue weighted by Gasteiger charge is -2.05. The van der Waals surface area contributed by atoms with Crippen LogP contribution in [0.5, 0.6) is 0 Å². The normalized spacial score (nSPS) is 11.3. The number of benzene rings is 1. The van der Waals surface area contributed by atoms with Crippen LogP contribution in [0, 0.1) is 6.92 Å². The van der Waals surface area contributed by atoms with Gasteiger partial charge in [0, 0.05) is 11.9 Å². The summed E-state index contributed by atoms with van der Waals surface area (Å²) in [5, 5.41) is 7.92. The zero-order valence-corrected chi connectivity index (χ0v) is 15.1. The third kappa shape index (κ3) is 2.71. The second-order valence-electron chi connectivity index (χ2n) is 6.52. The SMILES string of the molecule is Cc1cccc2nc(CNc3nc4c(cnn4-c4ccccc4)c(=O)[nH]3)cn12. The average molecular weight is 371 g/mol. The number of H-pyrrole nitrogens is 1. The van der Waals surface area contributed by atoms with Crippen LogP contribution >= 0.6 is 0 Å². The topological polar surface area (TPSA) is 92.9 Å². The first-order valence-corrected chi connectivity index (χ1v) is 8.90. The van der Waals surface area contributed by atoms with Crippen LogP contribution in [0.2, 0.25) is 0 Å². The zero-order chi connectivity index (χ0) is 19.1. The third-order valence-corrected chi connectivity index (χ3v) is 4.62. The molecule has 0 bridgehead atoms. The Kier molecular flexibility index (Phi) is 3.68. The van der Waals surface area contributed by atoms with Crippen LogP contribution in [0.3, 0.4) is 0 Å². The third-order valence-electron chi connectivity index (χ3n) is 4.62. The highest BCUT2D eigenvalue weighted by Crippen LogP contribution is 2.15. The number of aromatic nitrogens is 6. The van der Waals surface area contributed by atoms with Gasteiger partial charge in [0.1, 0.15) is 11.0 Å². The van der Waals surface area contributed by atoms with Gasteiger partial charge < -0.3 is 9.72 Å². The van der Waals surface area contributed by atoms with Crippen LogP contribution in [0.4, 0.5) is 5.95 Å². The maximum atomic E-state index is 12.4. The number of aryl methyl sites for hydroxylation is 1. The first kappa shape index (κ1) is 16.2. The van der Waals surface area contributed by atoms with Crippen molar-refractivity contribution in [3.05, 3.63) is 82.7 Å². The van der Waals surface area contributed by atoms with Crippen molar-refractivity contribution in [3.63, 3.8) is 0 Å². The van der Waals surface area contributed by atoms with Crippen molar-refractivity contribution in [1.82, 2.24) is 29.1 Å². The first-order valence-electron chi connectivity index (χ1n) is 8.90. The number of fused-ring (bicyclic) bond motifs is 2. The molecule has 8 heteroatoms. The van der Waals surface area contributed by atoms with Crippen molar-refractivity contribution in [1.29, 1.82) is 0 Å². The fourth-order valence-corrected chi connectivity index (χ4v) is 3.22. The summed E-state index contributed by atoms with van der Waals surface area (Å²) in [6, 6.07) is 15.6. The molecule has 0 unspecified atom stereocenters. The molecule has 2 N–H and O–H groups in total. The van der Waals surface area contributed by atoms with Crippen molar-refractivity contribution in [2.45, 2.75) is 13.5 Å². The van der Waals surface area contributed by atoms with Crippen LogP contribution in [0.1, 0.15) is 11.4 Å². The molecule has 0 atom stereocenters. The van der Waals surface area contributed by atoms with E-state index in [4.69, 9.17) is 0 Å². The standard InChI is InChI=1S/C20H17N7O/c1-13-6-5-9-17-23-14(12-26(13)17)10-21-20-24-18-16(19(28)25-20)11-22-27(18)15-7-3-2-4-8-15/h2-9,11-12H,10H2,1H3,(H2,21,24,25,28). The average Bonchev–Trinajstić information content (AvgIpc) is 3.32. The molecule has 5 aromatic rings. The van der Waals surface area contributed by atoms with E-state index in [-0.39, 0.29) is 5.56 Å². The molecule has 4 heterocycles. The van der Waals surface area contributed by atoms with E-state index >= 15 is 0 Å². The minimum absolute atomic E-state index is 0.236. The predicted molar refractivity (Wildman–Crippen MR) is 107 cm³/mol. The lowest BCUT2D eigenvalue weighted by atomic mass is 10.3. The van der Waals surface area contributed by atoms with Crippen LogP contribution in [-0.2, 0) is 6.54 Å². The molecule has 0 aliphatic rings. The van der Waals surface area contributed by atoms with Crippen molar-refractivity contribution >= 4 is 22.6 Å². The van der Waals surface area contributed by atoms with E-state index in [1.54, 1.807) is 4.68 Å². The maximum Gasteiger partial charge on any atom is 0.263 e. The first-order chi connectivity index (χ1) is 13.7. The molecule has 0 saturated heterocycles. The quantitative estimate of drug-likeness (QED) is 0.507. The summed E-state index contributed by atoms with van der Waals surface area (Å²) in [7, 11) is 0. The van der Waals surface area contributed by atoms with Crippen molar-refractivity contribution in [2.24, 2.45) is 0 Å². The Morgan fingerprint density at radius 3 is 2.75 bits per heavy atom. The summed E-state index contributed by atoms with van der Waals surface area (Å²) in [6.07, 6.45) is 3.51. The van der Waals surface area contributed by atoms with E-state index in [2.05, 4.69) is 25.4 Å². The number of imidazole rings is 1. The number of hydrogen-bond acceptors (Lipinski definition) is 5. The second kappa shape index (κ2) is 6.34. The molecular formula is C20H17N7O. The van der Waals surface area contributed by atoms with Gasteiger partial charge in [-0.2, -0.15) is 10.1 Å². The van der Waals surface area contributed by atoms with Crippen LogP contribution < -0.4 is 10.9 Å². The molecule has 5 rings (SSSR count). The maximum absolute atomic E-state index is 12.4. The number of anilines is 1. The lowest BCUT2D eigenvalue weighted by molar-refractivity contribution is 0.893. The van der Waals surface area contributed by atoms with Gasteiger partial charge in [-0.3, -0.25) is 9.78 Å². The van der Waals surface area contributed by atoms with Gasteiger partial charge in [-0.05, 0) is 31.2 Å².